The predicted octanol–water partition coefficient (Wildman–Crippen LogP) is 1.05. The van der Waals surface area contributed by atoms with Gasteiger partial charge in [0.15, 0.2) is 0 Å². The van der Waals surface area contributed by atoms with Crippen molar-refractivity contribution in [1.29, 1.82) is 0 Å². The molecule has 2 heterocycles. The second-order valence-corrected chi connectivity index (χ2v) is 4.25. The number of nitrogen functional groups attached to an aromatic ring is 1. The zero-order valence-corrected chi connectivity index (χ0v) is 10.5. The Kier molecular flexibility index (Phi) is 3.00. The van der Waals surface area contributed by atoms with Gasteiger partial charge in [-0.15, -0.1) is 5.10 Å². The Labute approximate surface area is 114 Å². The van der Waals surface area contributed by atoms with Gasteiger partial charge in [-0.1, -0.05) is 12.1 Å². The summed E-state index contributed by atoms with van der Waals surface area (Å²) < 4.78 is 1.38. The third-order valence-electron chi connectivity index (χ3n) is 2.82. The van der Waals surface area contributed by atoms with Crippen molar-refractivity contribution in [3.8, 4) is 0 Å². The van der Waals surface area contributed by atoms with Crippen LogP contribution in [0.2, 0.25) is 0 Å². The van der Waals surface area contributed by atoms with E-state index < -0.39 is 0 Å². The number of carbonyl (C=O) groups excluding carboxylic acids is 1. The molecule has 0 radical (unpaired) electrons. The highest BCUT2D eigenvalue weighted by atomic mass is 16.2. The summed E-state index contributed by atoms with van der Waals surface area (Å²) in [5.41, 5.74) is 6.11. The fourth-order valence-electron chi connectivity index (χ4n) is 1.94. The number of carbonyl (C=O) groups is 1. The highest BCUT2D eigenvalue weighted by Gasteiger charge is 2.07. The largest absolute Gasteiger partial charge is 0.367 e. The lowest BCUT2D eigenvalue weighted by Crippen LogP contribution is -2.19. The maximum Gasteiger partial charge on any atom is 0.246 e. The first kappa shape index (κ1) is 12.1. The minimum atomic E-state index is -0.203. The van der Waals surface area contributed by atoms with Gasteiger partial charge in [-0.3, -0.25) is 9.78 Å². The van der Waals surface area contributed by atoms with Crippen LogP contribution in [0.5, 0.6) is 0 Å². The molecule has 1 amide bonds. The number of anilines is 2. The van der Waals surface area contributed by atoms with Crippen LogP contribution in [0, 0.1) is 0 Å². The van der Waals surface area contributed by atoms with Crippen molar-refractivity contribution in [2.24, 2.45) is 0 Å². The summed E-state index contributed by atoms with van der Waals surface area (Å²) in [6, 6.07) is 7.57. The van der Waals surface area contributed by atoms with Gasteiger partial charge in [0.2, 0.25) is 11.9 Å². The zero-order valence-electron chi connectivity index (χ0n) is 10.5. The van der Waals surface area contributed by atoms with E-state index in [2.05, 4.69) is 20.4 Å². The Morgan fingerprint density at radius 1 is 1.35 bits per heavy atom. The first-order valence-corrected chi connectivity index (χ1v) is 6.00. The van der Waals surface area contributed by atoms with Crippen LogP contribution < -0.4 is 11.1 Å². The van der Waals surface area contributed by atoms with Crippen LogP contribution in [0.25, 0.3) is 10.8 Å². The Bertz CT molecular complexity index is 761. The monoisotopic (exact) mass is 268 g/mol. The van der Waals surface area contributed by atoms with Crippen LogP contribution in [0.1, 0.15) is 0 Å². The van der Waals surface area contributed by atoms with Gasteiger partial charge in [-0.05, 0) is 17.5 Å². The van der Waals surface area contributed by atoms with E-state index in [1.54, 1.807) is 12.4 Å². The van der Waals surface area contributed by atoms with E-state index in [0.29, 0.717) is 5.69 Å². The molecule has 0 fully saturated rings. The molecule has 0 atom stereocenters. The number of fused-ring (bicyclic) bond motifs is 1. The maximum absolute atomic E-state index is 12.0. The van der Waals surface area contributed by atoms with Crippen LogP contribution in [0.4, 0.5) is 11.6 Å². The van der Waals surface area contributed by atoms with Gasteiger partial charge < -0.3 is 11.1 Å². The van der Waals surface area contributed by atoms with E-state index in [1.807, 2.05) is 24.3 Å². The molecule has 2 aromatic heterocycles. The predicted molar refractivity (Wildman–Crippen MR) is 74.8 cm³/mol. The molecule has 3 rings (SSSR count). The zero-order chi connectivity index (χ0) is 13.9. The summed E-state index contributed by atoms with van der Waals surface area (Å²) in [6.45, 7) is 0.0564. The van der Waals surface area contributed by atoms with Crippen molar-refractivity contribution in [2.75, 3.05) is 11.1 Å². The Hall–Kier alpha value is -2.96. The standard InChI is InChI=1S/C13H12N6O/c14-13-16-8-19(18-13)7-12(20)17-11-3-1-2-9-4-5-15-6-10(9)11/h1-6,8H,7H2,(H2,14,18)(H,17,20). The van der Waals surface area contributed by atoms with E-state index in [9.17, 15) is 4.79 Å². The lowest BCUT2D eigenvalue weighted by molar-refractivity contribution is -0.116. The van der Waals surface area contributed by atoms with E-state index in [4.69, 9.17) is 5.73 Å². The van der Waals surface area contributed by atoms with Crippen LogP contribution in [-0.4, -0.2) is 25.7 Å². The molecular formula is C13H12N6O. The summed E-state index contributed by atoms with van der Waals surface area (Å²) >= 11 is 0. The minimum absolute atomic E-state index is 0.0564. The van der Waals surface area contributed by atoms with Crippen molar-refractivity contribution < 1.29 is 4.79 Å². The number of nitrogens with zero attached hydrogens (tertiary/aromatic N) is 4. The fourth-order valence-corrected chi connectivity index (χ4v) is 1.94. The molecule has 3 N–H and O–H groups in total. The molecule has 20 heavy (non-hydrogen) atoms. The summed E-state index contributed by atoms with van der Waals surface area (Å²) in [5, 5.41) is 8.61. The van der Waals surface area contributed by atoms with Crippen molar-refractivity contribution in [3.05, 3.63) is 43.0 Å². The average molecular weight is 268 g/mol. The van der Waals surface area contributed by atoms with Crippen molar-refractivity contribution in [2.45, 2.75) is 6.54 Å². The summed E-state index contributed by atoms with van der Waals surface area (Å²) in [4.78, 5) is 19.8. The molecule has 0 saturated heterocycles. The summed E-state index contributed by atoms with van der Waals surface area (Å²) in [6.07, 6.45) is 4.85. The second-order valence-electron chi connectivity index (χ2n) is 4.25. The molecule has 0 bridgehead atoms. The summed E-state index contributed by atoms with van der Waals surface area (Å²) in [7, 11) is 0. The van der Waals surface area contributed by atoms with Crippen LogP contribution >= 0.6 is 0 Å². The van der Waals surface area contributed by atoms with Crippen LogP contribution in [-0.2, 0) is 11.3 Å². The molecule has 0 spiro atoms. The minimum Gasteiger partial charge on any atom is -0.367 e. The molecule has 1 aromatic carbocycles. The molecule has 0 aliphatic heterocycles. The smallest absolute Gasteiger partial charge is 0.246 e. The SMILES string of the molecule is Nc1ncn(CC(=O)Nc2cccc3ccncc23)n1. The van der Waals surface area contributed by atoms with Crippen molar-refractivity contribution >= 4 is 28.3 Å². The summed E-state index contributed by atoms with van der Waals surface area (Å²) in [5.74, 6) is -0.0570. The van der Waals surface area contributed by atoms with Gasteiger partial charge in [0.05, 0.1) is 5.69 Å². The first-order valence-electron chi connectivity index (χ1n) is 6.00. The molecule has 7 nitrogen and oxygen atoms in total. The van der Waals surface area contributed by atoms with Crippen LogP contribution in [0.3, 0.4) is 0 Å². The normalized spacial score (nSPS) is 10.6. The number of aromatic nitrogens is 4. The van der Waals surface area contributed by atoms with E-state index in [-0.39, 0.29) is 18.4 Å². The van der Waals surface area contributed by atoms with Gasteiger partial charge >= 0.3 is 0 Å². The number of benzene rings is 1. The number of amides is 1. The van der Waals surface area contributed by atoms with Gasteiger partial charge in [-0.25, -0.2) is 9.67 Å². The van der Waals surface area contributed by atoms with Crippen LogP contribution in [0.15, 0.2) is 43.0 Å². The van der Waals surface area contributed by atoms with Gasteiger partial charge in [0, 0.05) is 17.8 Å². The third-order valence-corrected chi connectivity index (χ3v) is 2.82. The van der Waals surface area contributed by atoms with Crippen molar-refractivity contribution in [1.82, 2.24) is 19.7 Å². The topological polar surface area (TPSA) is 98.7 Å². The van der Waals surface area contributed by atoms with Gasteiger partial charge in [-0.2, -0.15) is 0 Å². The highest BCUT2D eigenvalue weighted by molar-refractivity contribution is 6.01. The maximum atomic E-state index is 12.0. The van der Waals surface area contributed by atoms with Crippen molar-refractivity contribution in [3.63, 3.8) is 0 Å². The van der Waals surface area contributed by atoms with E-state index in [0.717, 1.165) is 10.8 Å². The fraction of sp³-hybridized carbons (Fsp3) is 0.0769. The Morgan fingerprint density at radius 3 is 3.05 bits per heavy atom. The van der Waals surface area contributed by atoms with Gasteiger partial charge in [0.1, 0.15) is 12.9 Å². The number of hydrogen-bond acceptors (Lipinski definition) is 5. The molecule has 0 aliphatic rings. The van der Waals surface area contributed by atoms with E-state index in [1.165, 1.54) is 11.0 Å². The number of nitrogens with two attached hydrogens (primary N) is 1. The quantitative estimate of drug-likeness (QED) is 0.739. The molecule has 0 unspecified atom stereocenters. The molecule has 0 saturated carbocycles. The lowest BCUT2D eigenvalue weighted by Gasteiger charge is -2.08. The van der Waals surface area contributed by atoms with E-state index >= 15 is 0 Å². The molecule has 100 valence electrons. The Morgan fingerprint density at radius 2 is 2.25 bits per heavy atom. The average Bonchev–Trinajstić information content (AvgIpc) is 2.84. The van der Waals surface area contributed by atoms with Gasteiger partial charge in [0.25, 0.3) is 0 Å². The molecule has 0 aliphatic carbocycles. The number of rotatable bonds is 3. The first-order chi connectivity index (χ1) is 9.72. The number of pyridine rings is 1. The number of nitrogens with one attached hydrogen (secondary N) is 1. The lowest BCUT2D eigenvalue weighted by atomic mass is 10.1. The molecular weight excluding hydrogens is 256 g/mol. The highest BCUT2D eigenvalue weighted by Crippen LogP contribution is 2.21. The number of hydrogen-bond donors (Lipinski definition) is 2. The Balaban J connectivity index is 1.81. The second kappa shape index (κ2) is 4.96. The molecule has 3 aromatic rings. The molecule has 7 heteroatoms. The third kappa shape index (κ3) is 2.41.